The molecule has 4 heteroatoms. The Morgan fingerprint density at radius 2 is 1.79 bits per heavy atom. The molecule has 4 nitrogen and oxygen atoms in total. The fraction of sp³-hybridized carbons (Fsp3) is 0.533. The van der Waals surface area contributed by atoms with E-state index in [0.717, 1.165) is 18.4 Å². The van der Waals surface area contributed by atoms with Gasteiger partial charge in [0.05, 0.1) is 6.54 Å². The summed E-state index contributed by atoms with van der Waals surface area (Å²) >= 11 is 0. The Hall–Kier alpha value is -1.55. The molecule has 106 valence electrons. The number of phenols is 1. The van der Waals surface area contributed by atoms with E-state index in [1.807, 2.05) is 24.0 Å². The fourth-order valence-corrected chi connectivity index (χ4v) is 2.23. The van der Waals surface area contributed by atoms with Gasteiger partial charge in [0.25, 0.3) is 0 Å². The first-order valence-electron chi connectivity index (χ1n) is 6.69. The average molecular weight is 265 g/mol. The number of hydrogen-bond acceptors (Lipinski definition) is 3. The standard InChI is InChI=1S/C15H23NO3/c1-4-11(2)16(10-15(18)19)12(3)9-13-5-7-14(17)8-6-13/h5-8,11-12,17H,4,9-10H2,1-3H3,(H,18,19). The maximum atomic E-state index is 11.0. The number of aromatic hydroxyl groups is 1. The van der Waals surface area contributed by atoms with Crippen molar-refractivity contribution in [2.45, 2.75) is 45.7 Å². The molecular formula is C15H23NO3. The molecule has 2 N–H and O–H groups in total. The molecule has 0 heterocycles. The maximum Gasteiger partial charge on any atom is 0.317 e. The van der Waals surface area contributed by atoms with Crippen molar-refractivity contribution in [3.63, 3.8) is 0 Å². The zero-order chi connectivity index (χ0) is 14.4. The molecule has 1 rings (SSSR count). The van der Waals surface area contributed by atoms with Crippen molar-refractivity contribution < 1.29 is 15.0 Å². The van der Waals surface area contributed by atoms with Gasteiger partial charge in [0.15, 0.2) is 0 Å². The number of carboxylic acids is 1. The molecule has 19 heavy (non-hydrogen) atoms. The highest BCUT2D eigenvalue weighted by Gasteiger charge is 2.21. The molecular weight excluding hydrogens is 242 g/mol. The van der Waals surface area contributed by atoms with E-state index in [1.165, 1.54) is 0 Å². The first kappa shape index (κ1) is 15.5. The summed E-state index contributed by atoms with van der Waals surface area (Å²) in [7, 11) is 0. The summed E-state index contributed by atoms with van der Waals surface area (Å²) in [4.78, 5) is 13.0. The molecule has 2 atom stereocenters. The maximum absolute atomic E-state index is 11.0. The minimum absolute atomic E-state index is 0.0637. The van der Waals surface area contributed by atoms with Crippen LogP contribution in [0.1, 0.15) is 32.8 Å². The highest BCUT2D eigenvalue weighted by atomic mass is 16.4. The number of hydrogen-bond donors (Lipinski definition) is 2. The second kappa shape index (κ2) is 7.14. The Kier molecular flexibility index (Phi) is 5.83. The van der Waals surface area contributed by atoms with E-state index in [0.29, 0.717) is 0 Å². The molecule has 0 bridgehead atoms. The van der Waals surface area contributed by atoms with Crippen LogP contribution in [0.3, 0.4) is 0 Å². The van der Waals surface area contributed by atoms with E-state index < -0.39 is 5.97 Å². The summed E-state index contributed by atoms with van der Waals surface area (Å²) in [6.45, 7) is 6.22. The lowest BCUT2D eigenvalue weighted by molar-refractivity contribution is -0.139. The van der Waals surface area contributed by atoms with Gasteiger partial charge in [0, 0.05) is 12.1 Å². The van der Waals surface area contributed by atoms with Crippen LogP contribution in [-0.4, -0.2) is 39.7 Å². The summed E-state index contributed by atoms with van der Waals surface area (Å²) in [6.07, 6.45) is 1.70. The van der Waals surface area contributed by atoms with Gasteiger partial charge in [0.1, 0.15) is 5.75 Å². The van der Waals surface area contributed by atoms with Gasteiger partial charge in [0.2, 0.25) is 0 Å². The third-order valence-corrected chi connectivity index (χ3v) is 3.51. The molecule has 0 aliphatic rings. The van der Waals surface area contributed by atoms with Gasteiger partial charge >= 0.3 is 5.97 Å². The van der Waals surface area contributed by atoms with Crippen molar-refractivity contribution in [1.82, 2.24) is 4.90 Å². The van der Waals surface area contributed by atoms with Crippen LogP contribution in [0, 0.1) is 0 Å². The summed E-state index contributed by atoms with van der Waals surface area (Å²) in [6, 6.07) is 7.46. The topological polar surface area (TPSA) is 60.8 Å². The van der Waals surface area contributed by atoms with Crippen LogP contribution in [0.4, 0.5) is 0 Å². The molecule has 1 aromatic rings. The van der Waals surface area contributed by atoms with Crippen LogP contribution in [0.5, 0.6) is 5.75 Å². The Labute approximate surface area is 114 Å². The first-order chi connectivity index (χ1) is 8.93. The fourth-order valence-electron chi connectivity index (χ4n) is 2.23. The van der Waals surface area contributed by atoms with Gasteiger partial charge in [-0.15, -0.1) is 0 Å². The SMILES string of the molecule is CCC(C)N(CC(=O)O)C(C)Cc1ccc(O)cc1. The van der Waals surface area contributed by atoms with E-state index in [1.54, 1.807) is 12.1 Å². The molecule has 0 fully saturated rings. The summed E-state index contributed by atoms with van der Waals surface area (Å²) in [5, 5.41) is 18.3. The van der Waals surface area contributed by atoms with E-state index in [2.05, 4.69) is 13.8 Å². The quantitative estimate of drug-likeness (QED) is 0.795. The Morgan fingerprint density at radius 1 is 1.21 bits per heavy atom. The largest absolute Gasteiger partial charge is 0.508 e. The molecule has 0 amide bonds. The lowest BCUT2D eigenvalue weighted by Gasteiger charge is -2.32. The number of phenolic OH excluding ortho intramolecular Hbond substituents is 1. The number of nitrogens with zero attached hydrogens (tertiary/aromatic N) is 1. The number of rotatable bonds is 7. The second-order valence-electron chi connectivity index (χ2n) is 5.04. The second-order valence-corrected chi connectivity index (χ2v) is 5.04. The van der Waals surface area contributed by atoms with Crippen LogP contribution >= 0.6 is 0 Å². The van der Waals surface area contributed by atoms with Gasteiger partial charge < -0.3 is 10.2 Å². The van der Waals surface area contributed by atoms with Crippen molar-refractivity contribution in [2.75, 3.05) is 6.54 Å². The van der Waals surface area contributed by atoms with Crippen LogP contribution in [0.15, 0.2) is 24.3 Å². The van der Waals surface area contributed by atoms with Gasteiger partial charge in [-0.2, -0.15) is 0 Å². The minimum atomic E-state index is -0.794. The smallest absolute Gasteiger partial charge is 0.317 e. The third-order valence-electron chi connectivity index (χ3n) is 3.51. The highest BCUT2D eigenvalue weighted by molar-refractivity contribution is 5.69. The van der Waals surface area contributed by atoms with Crippen LogP contribution in [0.25, 0.3) is 0 Å². The van der Waals surface area contributed by atoms with Crippen molar-refractivity contribution >= 4 is 5.97 Å². The van der Waals surface area contributed by atoms with E-state index in [4.69, 9.17) is 5.11 Å². The normalized spacial score (nSPS) is 14.3. The molecule has 0 aromatic heterocycles. The van der Waals surface area contributed by atoms with E-state index in [9.17, 15) is 9.90 Å². The molecule has 2 unspecified atom stereocenters. The summed E-state index contributed by atoms with van der Waals surface area (Å²) in [5.74, 6) is -0.543. The van der Waals surface area contributed by atoms with E-state index >= 15 is 0 Å². The number of benzene rings is 1. The molecule has 0 spiro atoms. The van der Waals surface area contributed by atoms with E-state index in [-0.39, 0.29) is 24.4 Å². The van der Waals surface area contributed by atoms with Gasteiger partial charge in [-0.25, -0.2) is 0 Å². The van der Waals surface area contributed by atoms with Gasteiger partial charge in [-0.3, -0.25) is 9.69 Å². The predicted molar refractivity (Wildman–Crippen MR) is 75.4 cm³/mol. The number of carboxylic acid groups (broad SMARTS) is 1. The van der Waals surface area contributed by atoms with Gasteiger partial charge in [-0.05, 0) is 44.4 Å². The zero-order valence-electron chi connectivity index (χ0n) is 11.8. The predicted octanol–water partition coefficient (Wildman–Crippen LogP) is 2.51. The van der Waals surface area contributed by atoms with Crippen LogP contribution in [-0.2, 0) is 11.2 Å². The van der Waals surface area contributed by atoms with Crippen LogP contribution in [0.2, 0.25) is 0 Å². The zero-order valence-corrected chi connectivity index (χ0v) is 11.8. The summed E-state index contributed by atoms with van der Waals surface area (Å²) in [5.41, 5.74) is 1.10. The molecule has 0 aliphatic heterocycles. The number of aliphatic carboxylic acids is 1. The Balaban J connectivity index is 2.72. The average Bonchev–Trinajstić information content (AvgIpc) is 2.37. The Bertz CT molecular complexity index is 402. The Morgan fingerprint density at radius 3 is 2.26 bits per heavy atom. The highest BCUT2D eigenvalue weighted by Crippen LogP contribution is 2.16. The van der Waals surface area contributed by atoms with Crippen LogP contribution < -0.4 is 0 Å². The van der Waals surface area contributed by atoms with Crippen molar-refractivity contribution in [3.8, 4) is 5.75 Å². The molecule has 0 aliphatic carbocycles. The van der Waals surface area contributed by atoms with Crippen molar-refractivity contribution in [3.05, 3.63) is 29.8 Å². The lowest BCUT2D eigenvalue weighted by atomic mass is 10.0. The monoisotopic (exact) mass is 265 g/mol. The minimum Gasteiger partial charge on any atom is -0.508 e. The third kappa shape index (κ3) is 4.91. The molecule has 0 saturated carbocycles. The lowest BCUT2D eigenvalue weighted by Crippen LogP contribution is -2.44. The molecule has 1 aromatic carbocycles. The summed E-state index contributed by atoms with van der Waals surface area (Å²) < 4.78 is 0. The first-order valence-corrected chi connectivity index (χ1v) is 6.69. The molecule has 0 saturated heterocycles. The van der Waals surface area contributed by atoms with Crippen molar-refractivity contribution in [2.24, 2.45) is 0 Å². The van der Waals surface area contributed by atoms with Gasteiger partial charge in [-0.1, -0.05) is 19.1 Å². The number of carbonyl (C=O) groups is 1. The van der Waals surface area contributed by atoms with Crippen molar-refractivity contribution in [1.29, 1.82) is 0 Å². The molecule has 0 radical (unpaired) electrons.